The van der Waals surface area contributed by atoms with Crippen LogP contribution in [0.2, 0.25) is 5.02 Å². The smallest absolute Gasteiger partial charge is 0.550 e. The van der Waals surface area contributed by atoms with Gasteiger partial charge in [-0.15, -0.1) is 0 Å². The van der Waals surface area contributed by atoms with Crippen molar-refractivity contribution in [2.45, 2.75) is 70.7 Å². The summed E-state index contributed by atoms with van der Waals surface area (Å²) in [5.41, 5.74) is 3.04. The number of aliphatic carboxylic acids is 1. The number of carbonyl (C=O) groups excluding carboxylic acids is 1. The maximum absolute atomic E-state index is 11.2. The average Bonchev–Trinajstić information content (AvgIpc) is 2.80. The van der Waals surface area contributed by atoms with E-state index in [2.05, 4.69) is 30.3 Å². The summed E-state index contributed by atoms with van der Waals surface area (Å²) in [5.74, 6) is -0.0739. The standard InChI is InChI=1S/C31H38ClNO3S.Na/c1-30(2,21-29(34)35)17-15-28(37-18-6-16-31(3,4)36)24-8-5-7-22(19-24)9-13-26-14-11-23-10-12-25(32)20-27(23)33-26;/h5,7-14,19-20,28,36H,6,15-18,21H2,1-4H3,(H,34,35);/q;+1/p-1/b13-9+;. The number of nitrogens with zero attached hydrogens (tertiary/aromatic N) is 1. The quantitative estimate of drug-likeness (QED) is 0.248. The van der Waals surface area contributed by atoms with E-state index in [9.17, 15) is 15.0 Å². The minimum absolute atomic E-state index is 0. The van der Waals surface area contributed by atoms with Gasteiger partial charge in [0, 0.05) is 21.6 Å². The molecule has 7 heteroatoms. The Balaban J connectivity index is 0.00000507. The Morgan fingerprint density at radius 1 is 1.08 bits per heavy atom. The van der Waals surface area contributed by atoms with E-state index in [0.717, 1.165) is 53.6 Å². The van der Waals surface area contributed by atoms with Crippen LogP contribution in [-0.2, 0) is 4.79 Å². The van der Waals surface area contributed by atoms with Crippen molar-refractivity contribution in [3.8, 4) is 0 Å². The van der Waals surface area contributed by atoms with Crippen molar-refractivity contribution in [3.63, 3.8) is 0 Å². The van der Waals surface area contributed by atoms with Crippen LogP contribution in [0.4, 0.5) is 0 Å². The second-order valence-electron chi connectivity index (χ2n) is 11.1. The number of thioether (sulfide) groups is 1. The molecule has 3 rings (SSSR count). The summed E-state index contributed by atoms with van der Waals surface area (Å²) < 4.78 is 0. The Kier molecular flexibility index (Phi) is 12.9. The molecule has 2 aromatic carbocycles. The number of carboxylic acids is 1. The zero-order chi connectivity index (χ0) is 27.1. The Bertz CT molecular complexity index is 1240. The number of carbonyl (C=O) groups is 1. The van der Waals surface area contributed by atoms with Gasteiger partial charge >= 0.3 is 29.6 Å². The van der Waals surface area contributed by atoms with Crippen molar-refractivity contribution in [3.05, 3.63) is 76.4 Å². The molecule has 1 atom stereocenters. The Morgan fingerprint density at radius 3 is 2.53 bits per heavy atom. The molecular weight excluding hydrogens is 525 g/mol. The van der Waals surface area contributed by atoms with Gasteiger partial charge in [-0.2, -0.15) is 11.8 Å². The third kappa shape index (κ3) is 11.4. The molecule has 0 aliphatic heterocycles. The summed E-state index contributed by atoms with van der Waals surface area (Å²) in [5, 5.41) is 23.2. The number of hydrogen-bond donors (Lipinski definition) is 1. The zero-order valence-corrected chi connectivity index (χ0v) is 26.7. The Labute approximate surface area is 258 Å². The van der Waals surface area contributed by atoms with Crippen LogP contribution >= 0.6 is 23.4 Å². The van der Waals surface area contributed by atoms with E-state index < -0.39 is 11.6 Å². The van der Waals surface area contributed by atoms with Gasteiger partial charge in [0.15, 0.2) is 0 Å². The number of rotatable bonds is 13. The molecule has 0 saturated carbocycles. The van der Waals surface area contributed by atoms with Crippen molar-refractivity contribution in [2.75, 3.05) is 5.75 Å². The van der Waals surface area contributed by atoms with E-state index in [0.29, 0.717) is 5.02 Å². The molecule has 1 N–H and O–H groups in total. The van der Waals surface area contributed by atoms with Gasteiger partial charge in [0.1, 0.15) is 0 Å². The molecular formula is C31H37ClNNaO3S. The molecule has 0 amide bonds. The summed E-state index contributed by atoms with van der Waals surface area (Å²) in [6.07, 6.45) is 7.45. The molecule has 0 saturated heterocycles. The van der Waals surface area contributed by atoms with Crippen molar-refractivity contribution < 1.29 is 44.6 Å². The van der Waals surface area contributed by atoms with Gasteiger partial charge in [0.05, 0.1) is 16.8 Å². The number of aliphatic hydroxyl groups is 1. The van der Waals surface area contributed by atoms with Crippen molar-refractivity contribution >= 4 is 52.4 Å². The number of benzene rings is 2. The van der Waals surface area contributed by atoms with Crippen LogP contribution in [-0.4, -0.2) is 27.4 Å². The van der Waals surface area contributed by atoms with Crippen LogP contribution in [0.1, 0.15) is 81.9 Å². The second-order valence-corrected chi connectivity index (χ2v) is 12.9. The second kappa shape index (κ2) is 14.9. The molecule has 4 nitrogen and oxygen atoms in total. The fourth-order valence-corrected chi connectivity index (χ4v) is 5.71. The van der Waals surface area contributed by atoms with Crippen LogP contribution in [0.5, 0.6) is 0 Å². The minimum atomic E-state index is -1.00. The molecule has 1 aromatic heterocycles. The predicted octanol–water partition coefficient (Wildman–Crippen LogP) is 4.33. The van der Waals surface area contributed by atoms with E-state index in [4.69, 9.17) is 16.6 Å². The van der Waals surface area contributed by atoms with Gasteiger partial charge < -0.3 is 15.0 Å². The summed E-state index contributed by atoms with van der Waals surface area (Å²) in [6, 6.07) is 18.2. The Morgan fingerprint density at radius 2 is 1.82 bits per heavy atom. The van der Waals surface area contributed by atoms with Gasteiger partial charge in [-0.3, -0.25) is 0 Å². The van der Waals surface area contributed by atoms with Gasteiger partial charge in [-0.05, 0) is 92.5 Å². The number of hydrogen-bond acceptors (Lipinski definition) is 5. The first-order valence-electron chi connectivity index (χ1n) is 12.8. The van der Waals surface area contributed by atoms with Crippen LogP contribution in [0, 0.1) is 5.41 Å². The van der Waals surface area contributed by atoms with Crippen molar-refractivity contribution in [1.82, 2.24) is 4.98 Å². The van der Waals surface area contributed by atoms with E-state index in [1.165, 1.54) is 5.56 Å². The Hall–Kier alpha value is -1.34. The summed E-state index contributed by atoms with van der Waals surface area (Å²) >= 11 is 8.01. The first kappa shape index (κ1) is 32.9. The summed E-state index contributed by atoms with van der Waals surface area (Å²) in [6.45, 7) is 7.65. The molecule has 0 fully saturated rings. The molecule has 198 valence electrons. The fraction of sp³-hybridized carbons (Fsp3) is 0.419. The number of fused-ring (bicyclic) bond motifs is 1. The van der Waals surface area contributed by atoms with Crippen molar-refractivity contribution in [2.24, 2.45) is 5.41 Å². The number of halogens is 1. The van der Waals surface area contributed by atoms with Gasteiger partial charge in [0.2, 0.25) is 0 Å². The largest absolute Gasteiger partial charge is 1.00 e. The molecule has 0 radical (unpaired) electrons. The maximum atomic E-state index is 11.2. The topological polar surface area (TPSA) is 73.2 Å². The molecule has 38 heavy (non-hydrogen) atoms. The van der Waals surface area contributed by atoms with Crippen molar-refractivity contribution in [1.29, 1.82) is 0 Å². The number of aromatic nitrogens is 1. The monoisotopic (exact) mass is 561 g/mol. The van der Waals surface area contributed by atoms with Gasteiger partial charge in [0.25, 0.3) is 0 Å². The number of pyridine rings is 1. The molecule has 1 heterocycles. The molecule has 0 aliphatic rings. The third-order valence-electron chi connectivity index (χ3n) is 6.36. The van der Waals surface area contributed by atoms with Gasteiger partial charge in [-0.25, -0.2) is 4.98 Å². The minimum Gasteiger partial charge on any atom is -0.550 e. The summed E-state index contributed by atoms with van der Waals surface area (Å²) in [4.78, 5) is 15.9. The van der Waals surface area contributed by atoms with E-state index in [-0.39, 0.29) is 46.6 Å². The molecule has 0 spiro atoms. The molecule has 3 aromatic rings. The SMILES string of the molecule is CC(C)(O)CCCSC(CCC(C)(C)CC(=O)[O-])c1cccc(/C=C/c2ccc3ccc(Cl)cc3n2)c1.[Na+]. The average molecular weight is 562 g/mol. The van der Waals surface area contributed by atoms with E-state index >= 15 is 0 Å². The maximum Gasteiger partial charge on any atom is 1.00 e. The first-order valence-corrected chi connectivity index (χ1v) is 14.2. The number of carboxylic acid groups (broad SMARTS) is 1. The van der Waals surface area contributed by atoms with Crippen LogP contribution in [0.3, 0.4) is 0 Å². The normalized spacial score (nSPS) is 13.0. The van der Waals surface area contributed by atoms with Crippen LogP contribution in [0.15, 0.2) is 54.6 Å². The van der Waals surface area contributed by atoms with Crippen LogP contribution < -0.4 is 34.7 Å². The van der Waals surface area contributed by atoms with E-state index in [1.807, 2.05) is 75.9 Å². The molecule has 0 bridgehead atoms. The zero-order valence-electron chi connectivity index (χ0n) is 23.2. The predicted molar refractivity (Wildman–Crippen MR) is 155 cm³/mol. The van der Waals surface area contributed by atoms with Gasteiger partial charge in [-0.1, -0.05) is 67.9 Å². The first-order chi connectivity index (χ1) is 17.4. The van der Waals surface area contributed by atoms with E-state index in [1.54, 1.807) is 0 Å². The third-order valence-corrected chi connectivity index (χ3v) is 8.03. The molecule has 0 aliphatic carbocycles. The summed E-state index contributed by atoms with van der Waals surface area (Å²) in [7, 11) is 0. The van der Waals surface area contributed by atoms with Crippen LogP contribution in [0.25, 0.3) is 23.1 Å². The fourth-order valence-electron chi connectivity index (χ4n) is 4.32. The molecule has 1 unspecified atom stereocenters.